The third-order valence-electron chi connectivity index (χ3n) is 6.73. The Kier molecular flexibility index (Phi) is 14.8. The molecule has 2 aromatic heterocycles. The van der Waals surface area contributed by atoms with E-state index in [9.17, 15) is 14.4 Å². The highest BCUT2D eigenvalue weighted by Crippen LogP contribution is 2.20. The van der Waals surface area contributed by atoms with E-state index in [1.165, 1.54) is 16.2 Å². The molecule has 0 aliphatic carbocycles. The number of hydrogen-bond acceptors (Lipinski definition) is 9. The summed E-state index contributed by atoms with van der Waals surface area (Å²) in [4.78, 5) is 50.1. The normalized spacial score (nSPS) is 14.5. The van der Waals surface area contributed by atoms with Crippen LogP contribution in [-0.2, 0) is 27.4 Å². The van der Waals surface area contributed by atoms with Gasteiger partial charge in [-0.1, -0.05) is 27.7 Å². The monoisotopic (exact) mass is 638 g/mol. The number of thiazole rings is 2. The second kappa shape index (κ2) is 17.5. The molecule has 242 valence electrons. The van der Waals surface area contributed by atoms with Crippen LogP contribution in [-0.4, -0.2) is 69.8 Å². The lowest BCUT2D eigenvalue weighted by Crippen LogP contribution is -2.57. The Balaban J connectivity index is 1.99. The third-order valence-corrected chi connectivity index (χ3v) is 8.67. The van der Waals surface area contributed by atoms with E-state index in [4.69, 9.17) is 9.47 Å². The number of amides is 4. The van der Waals surface area contributed by atoms with Crippen LogP contribution in [0.3, 0.4) is 0 Å². The first kappa shape index (κ1) is 36.4. The van der Waals surface area contributed by atoms with Gasteiger partial charge in [0, 0.05) is 36.6 Å². The second-order valence-electron chi connectivity index (χ2n) is 12.0. The molecule has 0 spiro atoms. The van der Waals surface area contributed by atoms with E-state index in [1.54, 1.807) is 37.0 Å². The van der Waals surface area contributed by atoms with E-state index in [0.717, 1.165) is 22.0 Å². The highest BCUT2D eigenvalue weighted by Gasteiger charge is 2.32. The summed E-state index contributed by atoms with van der Waals surface area (Å²) in [6, 6.07) is -1.55. The molecular formula is C30H50N6O5S2. The van der Waals surface area contributed by atoms with Crippen LogP contribution in [0, 0.1) is 0 Å². The molecule has 0 fully saturated rings. The van der Waals surface area contributed by atoms with Gasteiger partial charge in [-0.2, -0.15) is 0 Å². The highest BCUT2D eigenvalue weighted by atomic mass is 32.1. The molecule has 0 radical (unpaired) electrons. The summed E-state index contributed by atoms with van der Waals surface area (Å²) in [5, 5.41) is 11.9. The summed E-state index contributed by atoms with van der Waals surface area (Å²) in [7, 11) is 1.68. The van der Waals surface area contributed by atoms with Crippen LogP contribution < -0.4 is 16.0 Å². The molecule has 3 N–H and O–H groups in total. The number of hydrogen-bond donors (Lipinski definition) is 3. The molecule has 0 aliphatic rings. The molecule has 4 amide bonds. The van der Waals surface area contributed by atoms with Crippen molar-refractivity contribution in [1.29, 1.82) is 0 Å². The molecule has 0 aliphatic heterocycles. The minimum Gasteiger partial charge on any atom is -0.444 e. The van der Waals surface area contributed by atoms with Gasteiger partial charge in [0.15, 0.2) is 0 Å². The zero-order chi connectivity index (χ0) is 32.2. The van der Waals surface area contributed by atoms with Gasteiger partial charge in [-0.25, -0.2) is 14.6 Å². The first-order valence-electron chi connectivity index (χ1n) is 15.0. The largest absolute Gasteiger partial charge is 0.444 e. The number of alkyl carbamates (subject to hydrolysis) is 1. The minimum absolute atomic E-state index is 0.103. The van der Waals surface area contributed by atoms with Crippen molar-refractivity contribution in [2.75, 3.05) is 7.05 Å². The van der Waals surface area contributed by atoms with E-state index < -0.39 is 23.8 Å². The molecule has 4 unspecified atom stereocenters. The van der Waals surface area contributed by atoms with Crippen molar-refractivity contribution in [3.8, 4) is 0 Å². The number of nitrogens with zero attached hydrogens (tertiary/aromatic N) is 3. The van der Waals surface area contributed by atoms with Crippen molar-refractivity contribution in [3.05, 3.63) is 32.7 Å². The number of ether oxygens (including phenoxy) is 2. The van der Waals surface area contributed by atoms with Gasteiger partial charge in [0.05, 0.1) is 39.3 Å². The lowest BCUT2D eigenvalue weighted by Gasteiger charge is -2.32. The smallest absolute Gasteiger partial charge is 0.407 e. The maximum absolute atomic E-state index is 13.6. The molecule has 0 saturated heterocycles. The average Bonchev–Trinajstić information content (AvgIpc) is 3.63. The predicted octanol–water partition coefficient (Wildman–Crippen LogP) is 5.82. The Hall–Kier alpha value is -2.77. The summed E-state index contributed by atoms with van der Waals surface area (Å²) >= 11 is 3.01. The van der Waals surface area contributed by atoms with Gasteiger partial charge < -0.3 is 30.3 Å². The van der Waals surface area contributed by atoms with Crippen molar-refractivity contribution in [2.24, 2.45) is 0 Å². The Bertz CT molecular complexity index is 1130. The lowest BCUT2D eigenvalue weighted by molar-refractivity contribution is -0.131. The number of carbonyl (C=O) groups is 3. The molecule has 2 rings (SSSR count). The number of nitrogens with one attached hydrogen (secondary N) is 3. The van der Waals surface area contributed by atoms with E-state index in [0.29, 0.717) is 31.7 Å². The number of carbonyl (C=O) groups excluding carboxylic acids is 3. The first-order valence-corrected chi connectivity index (χ1v) is 16.7. The van der Waals surface area contributed by atoms with Crippen molar-refractivity contribution in [1.82, 2.24) is 30.8 Å². The first-order chi connectivity index (χ1) is 20.2. The van der Waals surface area contributed by atoms with Crippen LogP contribution in [0.25, 0.3) is 0 Å². The van der Waals surface area contributed by atoms with Gasteiger partial charge in [-0.15, -0.1) is 22.7 Å². The van der Waals surface area contributed by atoms with Crippen LogP contribution in [0.15, 0.2) is 17.1 Å². The van der Waals surface area contributed by atoms with Crippen LogP contribution in [0.1, 0.15) is 103 Å². The summed E-state index contributed by atoms with van der Waals surface area (Å²) < 4.78 is 11.4. The Labute approximate surface area is 264 Å². The minimum atomic E-state index is -0.910. The van der Waals surface area contributed by atoms with Gasteiger partial charge in [-0.3, -0.25) is 9.78 Å². The molecule has 0 bridgehead atoms. The number of rotatable bonds is 16. The lowest BCUT2D eigenvalue weighted by atomic mass is 10.0. The Morgan fingerprint density at radius 1 is 1.00 bits per heavy atom. The fourth-order valence-electron chi connectivity index (χ4n) is 4.35. The molecular weight excluding hydrogens is 589 g/mol. The van der Waals surface area contributed by atoms with Crippen molar-refractivity contribution in [3.63, 3.8) is 0 Å². The van der Waals surface area contributed by atoms with E-state index in [-0.39, 0.29) is 30.6 Å². The van der Waals surface area contributed by atoms with Gasteiger partial charge in [0.25, 0.3) is 0 Å². The quantitative estimate of drug-likeness (QED) is 0.211. The van der Waals surface area contributed by atoms with E-state index in [1.807, 2.05) is 40.0 Å². The van der Waals surface area contributed by atoms with Gasteiger partial charge in [0.1, 0.15) is 12.6 Å². The van der Waals surface area contributed by atoms with Crippen molar-refractivity contribution in [2.45, 2.75) is 130 Å². The highest BCUT2D eigenvalue weighted by molar-refractivity contribution is 7.09. The molecule has 0 aromatic carbocycles. The van der Waals surface area contributed by atoms with Gasteiger partial charge >= 0.3 is 12.1 Å². The molecule has 4 atom stereocenters. The summed E-state index contributed by atoms with van der Waals surface area (Å²) in [5.74, 6) is 0.00493. The summed E-state index contributed by atoms with van der Waals surface area (Å²) in [6.07, 6.45) is 3.33. The fourth-order valence-corrected chi connectivity index (χ4v) is 5.68. The van der Waals surface area contributed by atoms with Crippen molar-refractivity contribution < 1.29 is 23.9 Å². The van der Waals surface area contributed by atoms with Gasteiger partial charge in [-0.05, 0) is 53.4 Å². The maximum Gasteiger partial charge on any atom is 0.407 e. The molecule has 2 heterocycles. The maximum atomic E-state index is 13.6. The predicted molar refractivity (Wildman–Crippen MR) is 171 cm³/mol. The van der Waals surface area contributed by atoms with Crippen LogP contribution >= 0.6 is 22.7 Å². The summed E-state index contributed by atoms with van der Waals surface area (Å²) in [5.41, 5.74) is 1.99. The second-order valence-corrected chi connectivity index (χ2v) is 13.9. The van der Waals surface area contributed by atoms with E-state index in [2.05, 4.69) is 39.8 Å². The zero-order valence-electron chi connectivity index (χ0n) is 27.1. The Morgan fingerprint density at radius 2 is 1.65 bits per heavy atom. The van der Waals surface area contributed by atoms with Crippen LogP contribution in [0.2, 0.25) is 0 Å². The standard InChI is InChI=1S/C30H50N6O5S2/c1-10-21(12-13-22(11-2)34-29(39)40-16-24-14-31-18-43-24)32-26(37)25(20(5)41-30(6,7)8)35-28(38)36(9)15-23-17-42-27(33-23)19(3)4/h14,17-22,25H,10-13,15-16H2,1-9H3,(H,32,37)(H,34,39)(H,35,38). The van der Waals surface area contributed by atoms with Crippen molar-refractivity contribution >= 4 is 40.7 Å². The SMILES string of the molecule is CCC(CCC(CC)NC(=O)C(NC(=O)N(C)Cc1csc(C(C)C)n1)C(C)OC(C)(C)C)NC(=O)OCc1cncs1. The third kappa shape index (κ3) is 13.2. The fraction of sp³-hybridized carbons (Fsp3) is 0.700. The number of urea groups is 1. The van der Waals surface area contributed by atoms with Crippen LogP contribution in [0.4, 0.5) is 9.59 Å². The molecule has 11 nitrogen and oxygen atoms in total. The summed E-state index contributed by atoms with van der Waals surface area (Å²) in [6.45, 7) is 16.2. The number of aromatic nitrogens is 2. The van der Waals surface area contributed by atoms with Gasteiger partial charge in [0.2, 0.25) is 5.91 Å². The molecule has 43 heavy (non-hydrogen) atoms. The zero-order valence-corrected chi connectivity index (χ0v) is 28.7. The Morgan fingerprint density at radius 3 is 2.19 bits per heavy atom. The molecule has 0 saturated carbocycles. The molecule has 13 heteroatoms. The topological polar surface area (TPSA) is 135 Å². The van der Waals surface area contributed by atoms with Crippen LogP contribution in [0.5, 0.6) is 0 Å². The molecule has 2 aromatic rings. The average molecular weight is 639 g/mol. The van der Waals surface area contributed by atoms with E-state index >= 15 is 0 Å².